The number of rotatable bonds is 8. The van der Waals surface area contributed by atoms with Crippen LogP contribution in [0.25, 0.3) is 0 Å². The van der Waals surface area contributed by atoms with Crippen molar-refractivity contribution in [3.8, 4) is 0 Å². The van der Waals surface area contributed by atoms with E-state index in [2.05, 4.69) is 10.6 Å². The molecule has 232 valence electrons. The van der Waals surface area contributed by atoms with Crippen molar-refractivity contribution >= 4 is 63.6 Å². The minimum atomic E-state index is -1.21. The van der Waals surface area contributed by atoms with Gasteiger partial charge in [-0.1, -0.05) is 18.2 Å². The molecule has 1 atom stereocenters. The van der Waals surface area contributed by atoms with E-state index < -0.39 is 34.8 Å². The Morgan fingerprint density at radius 3 is 2.39 bits per heavy atom. The van der Waals surface area contributed by atoms with E-state index in [1.54, 1.807) is 69.0 Å². The number of carboxylic acid groups (broad SMARTS) is 1. The normalized spacial score (nSPS) is 13.3. The van der Waals surface area contributed by atoms with Gasteiger partial charge >= 0.3 is 18.0 Å². The van der Waals surface area contributed by atoms with Gasteiger partial charge in [0.25, 0.3) is 5.91 Å². The Balaban J connectivity index is 1.46. The molecule has 0 radical (unpaired) electrons. The number of carboxylic acids is 1. The van der Waals surface area contributed by atoms with Crippen LogP contribution in [0.2, 0.25) is 0 Å². The van der Waals surface area contributed by atoms with E-state index in [1.165, 1.54) is 42.3 Å². The smallest absolute Gasteiger partial charge is 0.410 e. The number of esters is 1. The van der Waals surface area contributed by atoms with Gasteiger partial charge in [0, 0.05) is 22.0 Å². The van der Waals surface area contributed by atoms with Gasteiger partial charge in [0.05, 0.1) is 35.6 Å². The van der Waals surface area contributed by atoms with Crippen LogP contribution in [-0.2, 0) is 27.2 Å². The first-order valence-corrected chi connectivity index (χ1v) is 15.4. The molecule has 2 aromatic carbocycles. The van der Waals surface area contributed by atoms with Crippen LogP contribution in [-0.4, -0.2) is 64.4 Å². The summed E-state index contributed by atoms with van der Waals surface area (Å²) in [5.41, 5.74) is 0.730. The quantitative estimate of drug-likeness (QED) is 0.202. The van der Waals surface area contributed by atoms with Crippen LogP contribution < -0.4 is 10.6 Å². The summed E-state index contributed by atoms with van der Waals surface area (Å²) in [4.78, 5) is 66.0. The van der Waals surface area contributed by atoms with E-state index in [1.807, 2.05) is 0 Å². The minimum absolute atomic E-state index is 0.0278. The summed E-state index contributed by atoms with van der Waals surface area (Å²) in [5, 5.41) is 14.7. The molecule has 3 N–H and O–H groups in total. The molecule has 0 saturated carbocycles. The number of fused-ring (bicyclic) bond motifs is 1. The van der Waals surface area contributed by atoms with Crippen LogP contribution in [0.5, 0.6) is 0 Å². The highest BCUT2D eigenvalue weighted by Crippen LogP contribution is 2.38. The van der Waals surface area contributed by atoms with Crippen molar-refractivity contribution in [1.29, 1.82) is 0 Å². The average molecular weight is 640 g/mol. The molecule has 3 aromatic rings. The number of methoxy groups -OCH3 is 1. The third-order valence-corrected chi connectivity index (χ3v) is 8.74. The molecule has 1 unspecified atom stereocenters. The van der Waals surface area contributed by atoms with Gasteiger partial charge in [-0.2, -0.15) is 0 Å². The van der Waals surface area contributed by atoms with Crippen molar-refractivity contribution in [2.24, 2.45) is 0 Å². The molecule has 0 saturated heterocycles. The second kappa shape index (κ2) is 13.5. The number of amides is 3. The Labute approximate surface area is 262 Å². The fourth-order valence-corrected chi connectivity index (χ4v) is 6.66. The zero-order chi connectivity index (χ0) is 32.2. The van der Waals surface area contributed by atoms with Gasteiger partial charge in [0.2, 0.25) is 5.91 Å². The number of nitrogens with zero attached hydrogens (tertiary/aromatic N) is 1. The zero-order valence-electron chi connectivity index (χ0n) is 24.9. The number of nitrogens with one attached hydrogen (secondary N) is 2. The Kier molecular flexibility index (Phi) is 10.00. The second-order valence-corrected chi connectivity index (χ2v) is 13.5. The van der Waals surface area contributed by atoms with E-state index in [4.69, 9.17) is 9.47 Å². The fraction of sp³-hybridized carbons (Fsp3) is 0.323. The van der Waals surface area contributed by atoms with E-state index in [0.29, 0.717) is 28.5 Å². The maximum Gasteiger partial charge on any atom is 0.410 e. The number of hydrogen-bond acceptors (Lipinski definition) is 9. The van der Waals surface area contributed by atoms with E-state index in [-0.39, 0.29) is 29.1 Å². The molecule has 1 aliphatic heterocycles. The number of thiophene rings is 1. The summed E-state index contributed by atoms with van der Waals surface area (Å²) >= 11 is 2.47. The van der Waals surface area contributed by atoms with Crippen LogP contribution in [0, 0.1) is 0 Å². The van der Waals surface area contributed by atoms with Gasteiger partial charge in [0.15, 0.2) is 0 Å². The number of hydrogen-bond donors (Lipinski definition) is 3. The first-order chi connectivity index (χ1) is 20.8. The Morgan fingerprint density at radius 2 is 1.73 bits per heavy atom. The predicted molar refractivity (Wildman–Crippen MR) is 168 cm³/mol. The predicted octanol–water partition coefficient (Wildman–Crippen LogP) is 5.90. The van der Waals surface area contributed by atoms with E-state index in [0.717, 1.165) is 10.4 Å². The molecule has 0 bridgehead atoms. The third kappa shape index (κ3) is 7.77. The summed E-state index contributed by atoms with van der Waals surface area (Å²) in [6.07, 6.45) is -0.0400. The lowest BCUT2D eigenvalue weighted by Gasteiger charge is -2.30. The summed E-state index contributed by atoms with van der Waals surface area (Å²) in [5.74, 6) is -2.70. The molecule has 0 fully saturated rings. The average Bonchev–Trinajstić information content (AvgIpc) is 3.32. The first kappa shape index (κ1) is 32.6. The summed E-state index contributed by atoms with van der Waals surface area (Å²) < 4.78 is 10.5. The number of aromatic carboxylic acids is 1. The van der Waals surface area contributed by atoms with E-state index in [9.17, 15) is 29.1 Å². The number of benzene rings is 2. The van der Waals surface area contributed by atoms with Gasteiger partial charge < -0.3 is 30.1 Å². The lowest BCUT2D eigenvalue weighted by atomic mass is 10.0. The molecule has 2 heterocycles. The second-order valence-electron chi connectivity index (χ2n) is 10.9. The summed E-state index contributed by atoms with van der Waals surface area (Å²) in [6, 6.07) is 12.8. The fourth-order valence-electron chi connectivity index (χ4n) is 4.48. The van der Waals surface area contributed by atoms with Gasteiger partial charge in [-0.3, -0.25) is 9.59 Å². The summed E-state index contributed by atoms with van der Waals surface area (Å²) in [7, 11) is 1.28. The number of carbonyl (C=O) groups is 5. The molecule has 13 heteroatoms. The molecular formula is C31H33N3O8S2. The van der Waals surface area contributed by atoms with Crippen LogP contribution >= 0.6 is 23.1 Å². The molecule has 11 nitrogen and oxygen atoms in total. The van der Waals surface area contributed by atoms with Crippen molar-refractivity contribution in [3.63, 3.8) is 0 Å². The van der Waals surface area contributed by atoms with Gasteiger partial charge in [0.1, 0.15) is 10.6 Å². The summed E-state index contributed by atoms with van der Waals surface area (Å²) in [6.45, 7) is 7.69. The monoisotopic (exact) mass is 639 g/mol. The lowest BCUT2D eigenvalue weighted by molar-refractivity contribution is -0.115. The Morgan fingerprint density at radius 1 is 1.02 bits per heavy atom. The van der Waals surface area contributed by atoms with Crippen LogP contribution in [0.15, 0.2) is 53.4 Å². The van der Waals surface area contributed by atoms with Gasteiger partial charge in [-0.15, -0.1) is 23.1 Å². The number of ether oxygens (including phenoxy) is 2. The van der Waals surface area contributed by atoms with E-state index >= 15 is 0 Å². The Bertz CT molecular complexity index is 1610. The molecular weight excluding hydrogens is 606 g/mol. The standard InChI is InChI=1S/C31H33N3O8S2/c1-17(43-19-10-8-9-18(15-19)32-26(36)20-11-6-7-12-21(20)28(37)38)25(35)33-27-24(29(39)41-5)22-13-14-34(16-23(22)44-27)30(40)42-31(2,3)4/h6-12,15,17H,13-14,16H2,1-5H3,(H,32,36)(H,33,35)(H,37,38). The largest absolute Gasteiger partial charge is 0.478 e. The molecule has 0 spiro atoms. The minimum Gasteiger partial charge on any atom is -0.478 e. The number of thioether (sulfide) groups is 1. The third-order valence-electron chi connectivity index (χ3n) is 6.51. The van der Waals surface area contributed by atoms with Crippen molar-refractivity contribution in [1.82, 2.24) is 4.90 Å². The van der Waals surface area contributed by atoms with Crippen LogP contribution in [0.4, 0.5) is 15.5 Å². The van der Waals surface area contributed by atoms with Crippen LogP contribution in [0.3, 0.4) is 0 Å². The highest BCUT2D eigenvalue weighted by Gasteiger charge is 2.33. The number of anilines is 2. The molecule has 3 amide bonds. The van der Waals surface area contributed by atoms with Gasteiger partial charge in [-0.05, 0) is 70.0 Å². The van der Waals surface area contributed by atoms with Crippen molar-refractivity contribution in [2.45, 2.75) is 56.4 Å². The lowest BCUT2D eigenvalue weighted by Crippen LogP contribution is -2.39. The van der Waals surface area contributed by atoms with Crippen molar-refractivity contribution < 1.29 is 38.6 Å². The molecule has 0 aliphatic carbocycles. The first-order valence-electron chi connectivity index (χ1n) is 13.7. The van der Waals surface area contributed by atoms with Crippen molar-refractivity contribution in [2.75, 3.05) is 24.3 Å². The van der Waals surface area contributed by atoms with Gasteiger partial charge in [-0.25, -0.2) is 14.4 Å². The Hall–Kier alpha value is -4.36. The van der Waals surface area contributed by atoms with Crippen LogP contribution in [0.1, 0.15) is 69.2 Å². The SMILES string of the molecule is COC(=O)c1c(NC(=O)C(C)Sc2cccc(NC(=O)c3ccccc3C(=O)O)c2)sc2c1CCN(C(=O)OC(C)(C)C)C2. The highest BCUT2D eigenvalue weighted by molar-refractivity contribution is 8.00. The van der Waals surface area contributed by atoms with Crippen molar-refractivity contribution in [3.05, 3.63) is 75.7 Å². The molecule has 1 aliphatic rings. The molecule has 4 rings (SSSR count). The maximum atomic E-state index is 13.3. The number of carbonyl (C=O) groups excluding carboxylic acids is 4. The molecule has 44 heavy (non-hydrogen) atoms. The molecule has 1 aromatic heterocycles. The zero-order valence-corrected chi connectivity index (χ0v) is 26.5. The topological polar surface area (TPSA) is 151 Å². The maximum absolute atomic E-state index is 13.3. The highest BCUT2D eigenvalue weighted by atomic mass is 32.2.